The Morgan fingerprint density at radius 3 is 3.05 bits per heavy atom. The van der Waals surface area contributed by atoms with Crippen molar-refractivity contribution in [2.75, 3.05) is 5.73 Å². The summed E-state index contributed by atoms with van der Waals surface area (Å²) in [6.07, 6.45) is 4.76. The number of carbonyl (C=O) groups is 1. The van der Waals surface area contributed by atoms with E-state index in [4.69, 9.17) is 11.0 Å². The predicted molar refractivity (Wildman–Crippen MR) is 77.5 cm³/mol. The van der Waals surface area contributed by atoms with Crippen molar-refractivity contribution in [3.05, 3.63) is 46.1 Å². The summed E-state index contributed by atoms with van der Waals surface area (Å²) in [6, 6.07) is 5.56. The molecule has 0 aliphatic rings. The molecule has 2 aromatic heterocycles. The smallest absolute Gasteiger partial charge is 0.281 e. The Balaban J connectivity index is 2.10. The molecule has 2 rings (SSSR count). The van der Waals surface area contributed by atoms with E-state index in [0.29, 0.717) is 21.0 Å². The molecule has 0 spiro atoms. The van der Waals surface area contributed by atoms with Crippen LogP contribution in [0.2, 0.25) is 0 Å². The van der Waals surface area contributed by atoms with Crippen LogP contribution in [0.5, 0.6) is 0 Å². The molecular formula is C13H11N5OS. The van der Waals surface area contributed by atoms with Gasteiger partial charge in [-0.2, -0.15) is 10.4 Å². The summed E-state index contributed by atoms with van der Waals surface area (Å²) in [6.45, 7) is 1.69. The van der Waals surface area contributed by atoms with Gasteiger partial charge in [0.15, 0.2) is 0 Å². The Morgan fingerprint density at radius 1 is 1.65 bits per heavy atom. The Morgan fingerprint density at radius 2 is 2.45 bits per heavy atom. The number of hydrazone groups is 1. The number of thiophene rings is 1. The summed E-state index contributed by atoms with van der Waals surface area (Å²) < 4.78 is 0. The van der Waals surface area contributed by atoms with Crippen LogP contribution in [0.15, 0.2) is 29.6 Å². The van der Waals surface area contributed by atoms with Crippen LogP contribution in [0, 0.1) is 18.3 Å². The highest BCUT2D eigenvalue weighted by atomic mass is 32.1. The van der Waals surface area contributed by atoms with Crippen molar-refractivity contribution in [1.29, 1.82) is 5.26 Å². The molecule has 0 aliphatic heterocycles. The average Bonchev–Trinajstić information content (AvgIpc) is 2.74. The fourth-order valence-electron chi connectivity index (χ4n) is 1.56. The molecule has 100 valence electrons. The lowest BCUT2D eigenvalue weighted by Gasteiger charge is -1.97. The van der Waals surface area contributed by atoms with Gasteiger partial charge in [-0.15, -0.1) is 11.3 Å². The van der Waals surface area contributed by atoms with Gasteiger partial charge in [0, 0.05) is 18.0 Å². The molecule has 3 N–H and O–H groups in total. The number of hydrogen-bond acceptors (Lipinski definition) is 6. The second-order valence-corrected chi connectivity index (χ2v) is 4.94. The maximum atomic E-state index is 11.9. The van der Waals surface area contributed by atoms with E-state index in [1.165, 1.54) is 6.21 Å². The first-order chi connectivity index (χ1) is 9.63. The summed E-state index contributed by atoms with van der Waals surface area (Å²) in [4.78, 5) is 16.3. The number of anilines is 1. The highest BCUT2D eigenvalue weighted by molar-refractivity contribution is 7.18. The molecule has 2 aromatic rings. The highest BCUT2D eigenvalue weighted by Crippen LogP contribution is 2.29. The molecule has 1 amide bonds. The molecule has 0 saturated carbocycles. The van der Waals surface area contributed by atoms with Crippen LogP contribution < -0.4 is 11.2 Å². The number of nitrogens with one attached hydrogen (secondary N) is 1. The Bertz CT molecular complexity index is 700. The molecular weight excluding hydrogens is 274 g/mol. The number of rotatable bonds is 3. The SMILES string of the molecule is Cc1c(C(=O)N/N=C\c2cccnc2)sc(N)c1C#N. The summed E-state index contributed by atoms with van der Waals surface area (Å²) in [5, 5.41) is 13.1. The van der Waals surface area contributed by atoms with Gasteiger partial charge in [0.1, 0.15) is 15.9 Å². The number of nitrogens with two attached hydrogens (primary N) is 1. The lowest BCUT2D eigenvalue weighted by Crippen LogP contribution is -2.17. The first-order valence-corrected chi connectivity index (χ1v) is 6.47. The van der Waals surface area contributed by atoms with Crippen molar-refractivity contribution in [3.8, 4) is 6.07 Å². The number of amides is 1. The van der Waals surface area contributed by atoms with E-state index in [-0.39, 0.29) is 5.91 Å². The van der Waals surface area contributed by atoms with Crippen LogP contribution in [0.1, 0.15) is 26.4 Å². The number of nitrogen functional groups attached to an aromatic ring is 1. The standard InChI is InChI=1S/C13H11N5OS/c1-8-10(5-14)12(15)20-11(8)13(19)18-17-7-9-3-2-4-16-6-9/h2-4,6-7H,15H2,1H3,(H,18,19)/b17-7-. The van der Waals surface area contributed by atoms with E-state index in [9.17, 15) is 4.79 Å². The third-order valence-electron chi connectivity index (χ3n) is 2.56. The van der Waals surface area contributed by atoms with Crippen LogP contribution >= 0.6 is 11.3 Å². The van der Waals surface area contributed by atoms with E-state index in [1.807, 2.05) is 12.1 Å². The first kappa shape index (κ1) is 13.7. The summed E-state index contributed by atoms with van der Waals surface area (Å²) in [5.41, 5.74) is 9.77. The van der Waals surface area contributed by atoms with Gasteiger partial charge in [0.2, 0.25) is 0 Å². The molecule has 6 nitrogen and oxygen atoms in total. The van der Waals surface area contributed by atoms with E-state index in [2.05, 4.69) is 15.5 Å². The highest BCUT2D eigenvalue weighted by Gasteiger charge is 2.17. The van der Waals surface area contributed by atoms with Crippen molar-refractivity contribution < 1.29 is 4.79 Å². The second-order valence-electron chi connectivity index (χ2n) is 3.89. The number of carbonyl (C=O) groups excluding carboxylic acids is 1. The van der Waals surface area contributed by atoms with Crippen LogP contribution in [0.25, 0.3) is 0 Å². The third kappa shape index (κ3) is 2.81. The molecule has 20 heavy (non-hydrogen) atoms. The van der Waals surface area contributed by atoms with Crippen molar-refractivity contribution >= 4 is 28.5 Å². The van der Waals surface area contributed by atoms with Gasteiger partial charge < -0.3 is 5.73 Å². The lowest BCUT2D eigenvalue weighted by molar-refractivity contribution is 0.0958. The number of nitriles is 1. The monoisotopic (exact) mass is 285 g/mol. The maximum absolute atomic E-state index is 11.9. The van der Waals surface area contributed by atoms with Crippen LogP contribution in [-0.4, -0.2) is 17.1 Å². The average molecular weight is 285 g/mol. The van der Waals surface area contributed by atoms with Gasteiger partial charge in [-0.25, -0.2) is 5.43 Å². The van der Waals surface area contributed by atoms with Gasteiger partial charge in [-0.3, -0.25) is 9.78 Å². The largest absolute Gasteiger partial charge is 0.389 e. The van der Waals surface area contributed by atoms with E-state index >= 15 is 0 Å². The van der Waals surface area contributed by atoms with Gasteiger partial charge >= 0.3 is 0 Å². The maximum Gasteiger partial charge on any atom is 0.281 e. The molecule has 0 fully saturated rings. The molecule has 7 heteroatoms. The number of nitrogens with zero attached hydrogens (tertiary/aromatic N) is 3. The zero-order valence-corrected chi connectivity index (χ0v) is 11.4. The van der Waals surface area contributed by atoms with Crippen LogP contribution in [0.4, 0.5) is 5.00 Å². The zero-order chi connectivity index (χ0) is 14.5. The molecule has 2 heterocycles. The van der Waals surface area contributed by atoms with Gasteiger partial charge in [0.25, 0.3) is 5.91 Å². The van der Waals surface area contributed by atoms with E-state index < -0.39 is 0 Å². The topological polar surface area (TPSA) is 104 Å². The summed E-state index contributed by atoms with van der Waals surface area (Å²) in [7, 11) is 0. The summed E-state index contributed by atoms with van der Waals surface area (Å²) in [5.74, 6) is -0.388. The minimum absolute atomic E-state index is 0.339. The van der Waals surface area contributed by atoms with Crippen LogP contribution in [-0.2, 0) is 0 Å². The van der Waals surface area contributed by atoms with Crippen molar-refractivity contribution in [1.82, 2.24) is 10.4 Å². The minimum Gasteiger partial charge on any atom is -0.389 e. The molecule has 0 radical (unpaired) electrons. The van der Waals surface area contributed by atoms with E-state index in [1.54, 1.807) is 25.4 Å². The third-order valence-corrected chi connectivity index (χ3v) is 3.68. The zero-order valence-electron chi connectivity index (χ0n) is 10.6. The second kappa shape index (κ2) is 5.95. The Hall–Kier alpha value is -2.72. The normalized spacial score (nSPS) is 10.4. The molecule has 0 aromatic carbocycles. The van der Waals surface area contributed by atoms with E-state index in [0.717, 1.165) is 16.9 Å². The minimum atomic E-state index is -0.388. The predicted octanol–water partition coefficient (Wildman–Crippen LogP) is 1.67. The molecule has 0 atom stereocenters. The van der Waals surface area contributed by atoms with Gasteiger partial charge in [0.05, 0.1) is 11.8 Å². The van der Waals surface area contributed by atoms with Gasteiger partial charge in [-0.1, -0.05) is 6.07 Å². The molecule has 0 unspecified atom stereocenters. The number of hydrogen-bond donors (Lipinski definition) is 2. The van der Waals surface area contributed by atoms with Crippen LogP contribution in [0.3, 0.4) is 0 Å². The van der Waals surface area contributed by atoms with Crippen molar-refractivity contribution in [2.45, 2.75) is 6.92 Å². The lowest BCUT2D eigenvalue weighted by atomic mass is 10.2. The number of pyridine rings is 1. The quantitative estimate of drug-likeness (QED) is 0.661. The molecule has 0 saturated heterocycles. The Kier molecular flexibility index (Phi) is 4.08. The summed E-state index contributed by atoms with van der Waals surface area (Å²) >= 11 is 1.08. The van der Waals surface area contributed by atoms with Crippen molar-refractivity contribution in [2.24, 2.45) is 5.10 Å². The van der Waals surface area contributed by atoms with Gasteiger partial charge in [-0.05, 0) is 18.6 Å². The van der Waals surface area contributed by atoms with Crippen molar-refractivity contribution in [3.63, 3.8) is 0 Å². The Labute approximate surface area is 119 Å². The fraction of sp³-hybridized carbons (Fsp3) is 0.0769. The number of aromatic nitrogens is 1. The fourth-order valence-corrected chi connectivity index (χ4v) is 2.47. The molecule has 0 aliphatic carbocycles. The first-order valence-electron chi connectivity index (χ1n) is 5.66. The molecule has 0 bridgehead atoms.